The van der Waals surface area contributed by atoms with Crippen molar-refractivity contribution >= 4 is 17.4 Å². The van der Waals surface area contributed by atoms with E-state index in [0.717, 1.165) is 48.0 Å². The first-order valence-electron chi connectivity index (χ1n) is 6.98. The monoisotopic (exact) mass is 269 g/mol. The van der Waals surface area contributed by atoms with Crippen LogP contribution >= 0.6 is 0 Å². The molecule has 20 heavy (non-hydrogen) atoms. The third-order valence-electron chi connectivity index (χ3n) is 4.02. The van der Waals surface area contributed by atoms with Crippen LogP contribution in [0, 0.1) is 0 Å². The summed E-state index contributed by atoms with van der Waals surface area (Å²) in [5, 5.41) is 7.14. The van der Waals surface area contributed by atoms with Crippen molar-refractivity contribution in [2.45, 2.75) is 32.1 Å². The van der Waals surface area contributed by atoms with Crippen LogP contribution in [0.4, 0.5) is 0 Å². The summed E-state index contributed by atoms with van der Waals surface area (Å²) < 4.78 is 0. The summed E-state index contributed by atoms with van der Waals surface area (Å²) in [4.78, 5) is 27.0. The highest BCUT2D eigenvalue weighted by atomic mass is 16.1. The number of hydrogen-bond acceptors (Lipinski definition) is 2. The zero-order valence-electron chi connectivity index (χ0n) is 11.0. The minimum Gasteiger partial charge on any atom is -0.358 e. The molecular formula is C15H15N3O2. The van der Waals surface area contributed by atoms with E-state index in [1.807, 2.05) is 12.1 Å². The van der Waals surface area contributed by atoms with E-state index in [1.54, 1.807) is 0 Å². The minimum atomic E-state index is -0.113. The molecule has 2 aromatic heterocycles. The number of fused-ring (bicyclic) bond motifs is 1. The van der Waals surface area contributed by atoms with Crippen LogP contribution in [0.15, 0.2) is 10.9 Å². The summed E-state index contributed by atoms with van der Waals surface area (Å²) >= 11 is 0. The number of Topliss-reactive ketones (excluding diaryl/α,β-unsaturated/α-hetero) is 1. The molecule has 5 nitrogen and oxygen atoms in total. The third kappa shape index (κ3) is 1.78. The molecule has 0 amide bonds. The Morgan fingerprint density at radius 1 is 1.05 bits per heavy atom. The Morgan fingerprint density at radius 3 is 2.65 bits per heavy atom. The fourth-order valence-electron chi connectivity index (χ4n) is 2.86. The van der Waals surface area contributed by atoms with Crippen molar-refractivity contribution in [3.05, 3.63) is 43.9 Å². The molecule has 0 aliphatic heterocycles. The van der Waals surface area contributed by atoms with Gasteiger partial charge in [-0.15, -0.1) is 0 Å². The predicted octanol–water partition coefficient (Wildman–Crippen LogP) is 0.323. The maximum atomic E-state index is 11.9. The van der Waals surface area contributed by atoms with E-state index in [9.17, 15) is 9.59 Å². The summed E-state index contributed by atoms with van der Waals surface area (Å²) in [7, 11) is 0. The van der Waals surface area contributed by atoms with Crippen molar-refractivity contribution in [1.82, 2.24) is 15.2 Å². The fraction of sp³-hybridized carbons (Fsp3) is 0.333. The number of aromatic nitrogens is 3. The van der Waals surface area contributed by atoms with E-state index in [4.69, 9.17) is 0 Å². The van der Waals surface area contributed by atoms with Crippen LogP contribution in [0.3, 0.4) is 0 Å². The number of H-pyrrole nitrogens is 3. The number of rotatable bonds is 1. The third-order valence-corrected chi connectivity index (χ3v) is 4.02. The van der Waals surface area contributed by atoms with Gasteiger partial charge in [0.25, 0.3) is 5.56 Å². The zero-order chi connectivity index (χ0) is 13.7. The molecule has 2 aliphatic carbocycles. The van der Waals surface area contributed by atoms with E-state index < -0.39 is 0 Å². The number of aromatic amines is 3. The Bertz CT molecular complexity index is 873. The van der Waals surface area contributed by atoms with Crippen molar-refractivity contribution in [3.8, 4) is 0 Å². The number of carbonyl (C=O) groups excluding carboxylic acids is 1. The van der Waals surface area contributed by atoms with Gasteiger partial charge in [-0.3, -0.25) is 19.8 Å². The topological polar surface area (TPSA) is 81.5 Å². The molecule has 0 saturated heterocycles. The van der Waals surface area contributed by atoms with Gasteiger partial charge in [-0.1, -0.05) is 0 Å². The molecule has 0 bridgehead atoms. The van der Waals surface area contributed by atoms with E-state index in [1.165, 1.54) is 5.57 Å². The molecule has 0 unspecified atom stereocenters. The van der Waals surface area contributed by atoms with Crippen molar-refractivity contribution in [2.75, 3.05) is 0 Å². The van der Waals surface area contributed by atoms with Gasteiger partial charge < -0.3 is 4.98 Å². The molecular weight excluding hydrogens is 254 g/mol. The van der Waals surface area contributed by atoms with Gasteiger partial charge in [0, 0.05) is 23.4 Å². The Hall–Kier alpha value is -2.30. The molecule has 5 heteroatoms. The molecule has 0 spiro atoms. The van der Waals surface area contributed by atoms with E-state index in [0.29, 0.717) is 11.6 Å². The Morgan fingerprint density at radius 2 is 1.90 bits per heavy atom. The number of ketones is 1. The molecule has 102 valence electrons. The second-order valence-corrected chi connectivity index (χ2v) is 5.51. The lowest BCUT2D eigenvalue weighted by Gasteiger charge is -2.08. The molecule has 3 N–H and O–H groups in total. The highest BCUT2D eigenvalue weighted by Gasteiger charge is 2.19. The SMILES string of the molecule is O=C1CCCc2[nH]c(C=c3c(=O)[nH][nH]c3=C3CC3)cc21. The lowest BCUT2D eigenvalue weighted by atomic mass is 9.97. The maximum Gasteiger partial charge on any atom is 0.271 e. The second-order valence-electron chi connectivity index (χ2n) is 5.51. The van der Waals surface area contributed by atoms with Gasteiger partial charge >= 0.3 is 0 Å². The summed E-state index contributed by atoms with van der Waals surface area (Å²) in [5.41, 5.74) is 3.79. The normalized spacial score (nSPS) is 18.5. The van der Waals surface area contributed by atoms with Gasteiger partial charge in [0.15, 0.2) is 5.78 Å². The fourth-order valence-corrected chi connectivity index (χ4v) is 2.86. The molecule has 0 aromatic carbocycles. The van der Waals surface area contributed by atoms with E-state index >= 15 is 0 Å². The van der Waals surface area contributed by atoms with Crippen LogP contribution < -0.4 is 16.1 Å². The predicted molar refractivity (Wildman–Crippen MR) is 74.9 cm³/mol. The maximum absolute atomic E-state index is 11.9. The Labute approximate surface area is 114 Å². The van der Waals surface area contributed by atoms with E-state index in [-0.39, 0.29) is 11.3 Å². The summed E-state index contributed by atoms with van der Waals surface area (Å²) in [6.07, 6.45) is 6.37. The largest absolute Gasteiger partial charge is 0.358 e. The van der Waals surface area contributed by atoms with Crippen molar-refractivity contribution in [2.24, 2.45) is 0 Å². The molecule has 2 aromatic rings. The first kappa shape index (κ1) is 11.5. The van der Waals surface area contributed by atoms with Crippen molar-refractivity contribution in [3.63, 3.8) is 0 Å². The zero-order valence-corrected chi connectivity index (χ0v) is 11.0. The summed E-state index contributed by atoms with van der Waals surface area (Å²) in [5.74, 6) is 0.196. The molecule has 2 heterocycles. The number of hydrogen-bond donors (Lipinski definition) is 3. The molecule has 2 aliphatic rings. The average molecular weight is 269 g/mol. The van der Waals surface area contributed by atoms with Gasteiger partial charge in [-0.2, -0.15) is 0 Å². The first-order chi connectivity index (χ1) is 9.72. The average Bonchev–Trinajstić information content (AvgIpc) is 3.08. The van der Waals surface area contributed by atoms with E-state index in [2.05, 4.69) is 15.2 Å². The quantitative estimate of drug-likeness (QED) is 0.697. The first-order valence-corrected chi connectivity index (χ1v) is 6.98. The van der Waals surface area contributed by atoms with Crippen LogP contribution in [0.2, 0.25) is 0 Å². The molecule has 0 atom stereocenters. The van der Waals surface area contributed by atoms with Gasteiger partial charge in [0.1, 0.15) is 0 Å². The number of nitrogens with one attached hydrogen (secondary N) is 3. The van der Waals surface area contributed by atoms with Crippen molar-refractivity contribution in [1.29, 1.82) is 0 Å². The molecule has 0 radical (unpaired) electrons. The van der Waals surface area contributed by atoms with Gasteiger partial charge in [0.05, 0.1) is 10.6 Å². The van der Waals surface area contributed by atoms with Crippen LogP contribution in [0.25, 0.3) is 11.6 Å². The van der Waals surface area contributed by atoms with Gasteiger partial charge in [0.2, 0.25) is 0 Å². The molecule has 4 rings (SSSR count). The number of aryl methyl sites for hydroxylation is 1. The minimum absolute atomic E-state index is 0.113. The van der Waals surface area contributed by atoms with Crippen LogP contribution in [-0.2, 0) is 6.42 Å². The lowest BCUT2D eigenvalue weighted by molar-refractivity contribution is 0.0972. The summed E-state index contributed by atoms with van der Waals surface area (Å²) in [6.45, 7) is 0. The highest BCUT2D eigenvalue weighted by molar-refractivity contribution is 5.98. The highest BCUT2D eigenvalue weighted by Crippen LogP contribution is 2.26. The number of carbonyl (C=O) groups is 1. The van der Waals surface area contributed by atoms with Crippen molar-refractivity contribution < 1.29 is 4.79 Å². The van der Waals surface area contributed by atoms with Gasteiger partial charge in [-0.05, 0) is 43.4 Å². The second kappa shape index (κ2) is 4.10. The molecule has 1 fully saturated rings. The van der Waals surface area contributed by atoms with Crippen LogP contribution in [0.5, 0.6) is 0 Å². The smallest absolute Gasteiger partial charge is 0.271 e. The summed E-state index contributed by atoms with van der Waals surface area (Å²) in [6, 6.07) is 1.87. The van der Waals surface area contributed by atoms with Crippen LogP contribution in [-0.4, -0.2) is 21.0 Å². The Balaban J connectivity index is 1.90. The Kier molecular flexibility index (Phi) is 2.36. The van der Waals surface area contributed by atoms with Crippen LogP contribution in [0.1, 0.15) is 47.4 Å². The lowest BCUT2D eigenvalue weighted by Crippen LogP contribution is -2.33. The molecule has 1 saturated carbocycles. The standard InChI is InChI=1S/C15H15N3O2/c19-13-3-1-2-12-10(13)6-9(16-12)7-11-14(8-4-5-8)17-18-15(11)20/h6-7,16-17H,1-5H2,(H,18,20). The van der Waals surface area contributed by atoms with Gasteiger partial charge in [-0.25, -0.2) is 0 Å².